The van der Waals surface area contributed by atoms with E-state index in [0.29, 0.717) is 12.6 Å². The second-order valence-electron chi connectivity index (χ2n) is 5.01. The molecule has 0 aromatic heterocycles. The van der Waals surface area contributed by atoms with E-state index in [9.17, 15) is 5.11 Å². The molecule has 0 saturated carbocycles. The van der Waals surface area contributed by atoms with Crippen LogP contribution in [0.15, 0.2) is 18.2 Å². The van der Waals surface area contributed by atoms with E-state index < -0.39 is 6.10 Å². The largest absolute Gasteiger partial charge is 0.496 e. The van der Waals surface area contributed by atoms with Gasteiger partial charge >= 0.3 is 0 Å². The third-order valence-electron chi connectivity index (χ3n) is 3.65. The van der Waals surface area contributed by atoms with Crippen LogP contribution in [0.5, 0.6) is 5.75 Å². The van der Waals surface area contributed by atoms with Gasteiger partial charge in [0.15, 0.2) is 0 Å². The Bertz CT molecular complexity index is 407. The molecule has 1 N–H and O–H groups in total. The van der Waals surface area contributed by atoms with E-state index in [0.717, 1.165) is 30.0 Å². The fourth-order valence-electron chi connectivity index (χ4n) is 2.37. The second-order valence-corrected chi connectivity index (χ2v) is 5.01. The molecule has 0 radical (unpaired) electrons. The number of hydrogen-bond acceptors (Lipinski definition) is 4. The number of ether oxygens (including phenoxy) is 2. The average molecular weight is 281 g/mol. The molecule has 0 fully saturated rings. The lowest BCUT2D eigenvalue weighted by molar-refractivity contribution is 0.192. The van der Waals surface area contributed by atoms with Gasteiger partial charge in [-0.2, -0.15) is 0 Å². The first-order valence-electron chi connectivity index (χ1n) is 7.17. The number of aliphatic hydroxyl groups excluding tert-OH is 1. The minimum atomic E-state index is -0.574. The molecule has 0 aliphatic carbocycles. The van der Waals surface area contributed by atoms with Gasteiger partial charge < -0.3 is 19.5 Å². The molecule has 2 atom stereocenters. The van der Waals surface area contributed by atoms with Crippen molar-refractivity contribution in [3.8, 4) is 5.75 Å². The first-order chi connectivity index (χ1) is 9.56. The van der Waals surface area contributed by atoms with E-state index in [1.54, 1.807) is 21.1 Å². The predicted molar refractivity (Wildman–Crippen MR) is 82.6 cm³/mol. The number of rotatable bonds is 8. The maximum absolute atomic E-state index is 10.1. The Kier molecular flexibility index (Phi) is 6.82. The summed E-state index contributed by atoms with van der Waals surface area (Å²) in [6.45, 7) is 7.55. The van der Waals surface area contributed by atoms with Crippen LogP contribution in [-0.4, -0.2) is 38.5 Å². The van der Waals surface area contributed by atoms with Crippen LogP contribution in [0.2, 0.25) is 0 Å². The highest BCUT2D eigenvalue weighted by Gasteiger charge is 2.21. The van der Waals surface area contributed by atoms with Gasteiger partial charge in [0.25, 0.3) is 0 Å². The van der Waals surface area contributed by atoms with E-state index in [1.165, 1.54) is 0 Å². The van der Waals surface area contributed by atoms with Crippen LogP contribution in [0, 0.1) is 0 Å². The Morgan fingerprint density at radius 1 is 1.25 bits per heavy atom. The van der Waals surface area contributed by atoms with Gasteiger partial charge in [-0.05, 0) is 32.4 Å². The van der Waals surface area contributed by atoms with Crippen molar-refractivity contribution in [2.45, 2.75) is 39.3 Å². The lowest BCUT2D eigenvalue weighted by Gasteiger charge is -2.33. The zero-order valence-corrected chi connectivity index (χ0v) is 13.2. The molecule has 0 saturated heterocycles. The Hall–Kier alpha value is -1.26. The summed E-state index contributed by atoms with van der Waals surface area (Å²) in [5, 5.41) is 10.1. The van der Waals surface area contributed by atoms with Crippen LogP contribution < -0.4 is 9.64 Å². The van der Waals surface area contributed by atoms with Gasteiger partial charge in [-0.3, -0.25) is 0 Å². The molecule has 0 aliphatic rings. The molecular weight excluding hydrogens is 254 g/mol. The van der Waals surface area contributed by atoms with Crippen LogP contribution in [0.3, 0.4) is 0 Å². The van der Waals surface area contributed by atoms with Crippen LogP contribution in [0.25, 0.3) is 0 Å². The van der Waals surface area contributed by atoms with Crippen molar-refractivity contribution < 1.29 is 14.6 Å². The van der Waals surface area contributed by atoms with E-state index in [1.807, 2.05) is 18.2 Å². The summed E-state index contributed by atoms with van der Waals surface area (Å²) in [6, 6.07) is 6.25. The van der Waals surface area contributed by atoms with Crippen molar-refractivity contribution in [1.29, 1.82) is 0 Å². The fraction of sp³-hybridized carbons (Fsp3) is 0.625. The van der Waals surface area contributed by atoms with Gasteiger partial charge in [0.2, 0.25) is 0 Å². The summed E-state index contributed by atoms with van der Waals surface area (Å²) in [5.41, 5.74) is 1.86. The summed E-state index contributed by atoms with van der Waals surface area (Å²) < 4.78 is 10.6. The maximum Gasteiger partial charge on any atom is 0.126 e. The molecular formula is C16H27NO3. The third kappa shape index (κ3) is 3.87. The molecule has 1 rings (SSSR count). The summed E-state index contributed by atoms with van der Waals surface area (Å²) >= 11 is 0. The van der Waals surface area contributed by atoms with Crippen LogP contribution in [0.1, 0.15) is 38.9 Å². The number of methoxy groups -OCH3 is 2. The summed E-state index contributed by atoms with van der Waals surface area (Å²) in [7, 11) is 3.34. The van der Waals surface area contributed by atoms with Crippen LogP contribution in [0.4, 0.5) is 5.69 Å². The minimum Gasteiger partial charge on any atom is -0.496 e. The summed E-state index contributed by atoms with van der Waals surface area (Å²) in [4.78, 5) is 2.27. The zero-order chi connectivity index (χ0) is 15.1. The molecule has 0 amide bonds. The number of anilines is 1. The number of benzene rings is 1. The Labute approximate surface area is 122 Å². The van der Waals surface area contributed by atoms with Crippen LogP contribution >= 0.6 is 0 Å². The molecule has 0 spiro atoms. The number of aliphatic hydroxyl groups is 1. The molecule has 4 heteroatoms. The van der Waals surface area contributed by atoms with Gasteiger partial charge in [-0.15, -0.1) is 0 Å². The van der Waals surface area contributed by atoms with Gasteiger partial charge in [-0.25, -0.2) is 0 Å². The maximum atomic E-state index is 10.1. The molecule has 20 heavy (non-hydrogen) atoms. The van der Waals surface area contributed by atoms with E-state index in [-0.39, 0.29) is 0 Å². The molecule has 0 aliphatic heterocycles. The molecule has 1 aromatic rings. The standard InChI is InChI=1S/C16H27NO3/c1-6-12(2)17(10-11-19-4)14-8-7-9-15(20-5)16(14)13(3)18/h7-9,12-13,18H,6,10-11H2,1-5H3/t12?,13-/m0/s1. The zero-order valence-electron chi connectivity index (χ0n) is 13.2. The number of nitrogens with zero attached hydrogens (tertiary/aromatic N) is 1. The molecule has 0 heterocycles. The van der Waals surface area contributed by atoms with Gasteiger partial charge in [-0.1, -0.05) is 13.0 Å². The van der Waals surface area contributed by atoms with Gasteiger partial charge in [0.05, 0.1) is 19.8 Å². The average Bonchev–Trinajstić information content (AvgIpc) is 2.46. The van der Waals surface area contributed by atoms with Crippen molar-refractivity contribution in [3.63, 3.8) is 0 Å². The Morgan fingerprint density at radius 2 is 1.95 bits per heavy atom. The topological polar surface area (TPSA) is 41.9 Å². The number of hydrogen-bond donors (Lipinski definition) is 1. The first kappa shape index (κ1) is 16.8. The van der Waals surface area contributed by atoms with E-state index >= 15 is 0 Å². The van der Waals surface area contributed by atoms with Crippen molar-refractivity contribution in [2.75, 3.05) is 32.3 Å². The SMILES string of the molecule is CCC(C)N(CCOC)c1cccc(OC)c1[C@H](C)O. The highest BCUT2D eigenvalue weighted by Crippen LogP contribution is 2.35. The molecule has 1 unspecified atom stereocenters. The molecule has 1 aromatic carbocycles. The smallest absolute Gasteiger partial charge is 0.126 e. The fourth-order valence-corrected chi connectivity index (χ4v) is 2.37. The first-order valence-corrected chi connectivity index (χ1v) is 7.17. The summed E-state index contributed by atoms with van der Waals surface area (Å²) in [6.07, 6.45) is 0.454. The lowest BCUT2D eigenvalue weighted by Crippen LogP contribution is -2.36. The van der Waals surface area contributed by atoms with Crippen molar-refractivity contribution in [3.05, 3.63) is 23.8 Å². The van der Waals surface area contributed by atoms with Crippen molar-refractivity contribution in [1.82, 2.24) is 0 Å². The Morgan fingerprint density at radius 3 is 2.45 bits per heavy atom. The highest BCUT2D eigenvalue weighted by atomic mass is 16.5. The second kappa shape index (κ2) is 8.12. The molecule has 114 valence electrons. The third-order valence-corrected chi connectivity index (χ3v) is 3.65. The summed E-state index contributed by atoms with van der Waals surface area (Å²) in [5.74, 6) is 0.725. The van der Waals surface area contributed by atoms with Gasteiger partial charge in [0, 0.05) is 30.9 Å². The molecule has 4 nitrogen and oxygen atoms in total. The van der Waals surface area contributed by atoms with Crippen LogP contribution in [-0.2, 0) is 4.74 Å². The quantitative estimate of drug-likeness (QED) is 0.795. The minimum absolute atomic E-state index is 0.370. The van der Waals surface area contributed by atoms with Gasteiger partial charge in [0.1, 0.15) is 5.75 Å². The van der Waals surface area contributed by atoms with E-state index in [2.05, 4.69) is 18.7 Å². The van der Waals surface area contributed by atoms with Crippen molar-refractivity contribution in [2.24, 2.45) is 0 Å². The Balaban J connectivity index is 3.24. The monoisotopic (exact) mass is 281 g/mol. The normalized spacial score (nSPS) is 13.9. The van der Waals surface area contributed by atoms with E-state index in [4.69, 9.17) is 9.47 Å². The molecule has 0 bridgehead atoms. The lowest BCUT2D eigenvalue weighted by atomic mass is 10.0. The van der Waals surface area contributed by atoms with Crippen molar-refractivity contribution >= 4 is 5.69 Å². The predicted octanol–water partition coefficient (Wildman–Crippen LogP) is 3.00. The highest BCUT2D eigenvalue weighted by molar-refractivity contribution is 5.61.